The van der Waals surface area contributed by atoms with Gasteiger partial charge in [-0.2, -0.15) is 0 Å². The molecule has 1 aromatic carbocycles. The second kappa shape index (κ2) is 5.63. The van der Waals surface area contributed by atoms with Gasteiger partial charge in [0.15, 0.2) is 0 Å². The lowest BCUT2D eigenvalue weighted by Gasteiger charge is -2.16. The third-order valence-corrected chi connectivity index (χ3v) is 4.30. The van der Waals surface area contributed by atoms with Crippen molar-refractivity contribution in [1.82, 2.24) is 10.3 Å². The molecule has 0 saturated heterocycles. The summed E-state index contributed by atoms with van der Waals surface area (Å²) in [6.07, 6.45) is 0. The van der Waals surface area contributed by atoms with Gasteiger partial charge in [0.1, 0.15) is 0 Å². The Bertz CT molecular complexity index is 531. The molecule has 2 nitrogen and oxygen atoms in total. The summed E-state index contributed by atoms with van der Waals surface area (Å²) < 4.78 is 0. The molecule has 1 aromatic heterocycles. The molecular weight excluding hydrogens is 240 g/mol. The maximum atomic E-state index is 4.46. The number of nitrogens with zero attached hydrogens (tertiary/aromatic N) is 1. The summed E-state index contributed by atoms with van der Waals surface area (Å²) >= 11 is 1.78. The lowest BCUT2D eigenvalue weighted by Crippen LogP contribution is -2.18. The van der Waals surface area contributed by atoms with Gasteiger partial charge in [-0.15, -0.1) is 11.3 Å². The van der Waals surface area contributed by atoms with Crippen molar-refractivity contribution in [2.45, 2.75) is 40.3 Å². The van der Waals surface area contributed by atoms with E-state index >= 15 is 0 Å². The van der Waals surface area contributed by atoms with Crippen molar-refractivity contribution >= 4 is 11.3 Å². The quantitative estimate of drug-likeness (QED) is 0.901. The van der Waals surface area contributed by atoms with E-state index in [0.29, 0.717) is 6.04 Å². The van der Waals surface area contributed by atoms with Gasteiger partial charge in [0.2, 0.25) is 0 Å². The van der Waals surface area contributed by atoms with Crippen molar-refractivity contribution in [3.63, 3.8) is 0 Å². The molecule has 1 heterocycles. The van der Waals surface area contributed by atoms with Gasteiger partial charge in [-0.1, -0.05) is 24.3 Å². The van der Waals surface area contributed by atoms with E-state index in [4.69, 9.17) is 0 Å². The Labute approximate surface area is 113 Å². The van der Waals surface area contributed by atoms with E-state index in [2.05, 4.69) is 62.3 Å². The normalized spacial score (nSPS) is 12.7. The topological polar surface area (TPSA) is 24.9 Å². The summed E-state index contributed by atoms with van der Waals surface area (Å²) in [5.41, 5.74) is 3.87. The molecule has 0 aliphatic rings. The fourth-order valence-electron chi connectivity index (χ4n) is 2.17. The smallest absolute Gasteiger partial charge is 0.0900 e. The van der Waals surface area contributed by atoms with Gasteiger partial charge in [-0.05, 0) is 38.8 Å². The fourth-order valence-corrected chi connectivity index (χ4v) is 3.05. The number of aromatic nitrogens is 1. The number of aryl methyl sites for hydroxylation is 3. The van der Waals surface area contributed by atoms with Crippen LogP contribution in [0.2, 0.25) is 0 Å². The molecule has 1 unspecified atom stereocenters. The summed E-state index contributed by atoms with van der Waals surface area (Å²) in [5, 5.41) is 4.73. The monoisotopic (exact) mass is 260 g/mol. The van der Waals surface area contributed by atoms with Crippen LogP contribution in [0.15, 0.2) is 24.3 Å². The maximum Gasteiger partial charge on any atom is 0.0900 e. The minimum atomic E-state index is 0.369. The average molecular weight is 260 g/mol. The van der Waals surface area contributed by atoms with Crippen LogP contribution < -0.4 is 5.32 Å². The minimum absolute atomic E-state index is 0.369. The van der Waals surface area contributed by atoms with E-state index < -0.39 is 0 Å². The first-order chi connectivity index (χ1) is 8.58. The minimum Gasteiger partial charge on any atom is -0.305 e. The molecule has 0 amide bonds. The molecule has 2 rings (SSSR count). The van der Waals surface area contributed by atoms with Crippen LogP contribution in [0.3, 0.4) is 0 Å². The number of nitrogens with one attached hydrogen (secondary N) is 1. The zero-order valence-electron chi connectivity index (χ0n) is 11.4. The summed E-state index contributed by atoms with van der Waals surface area (Å²) in [5.74, 6) is 0. The van der Waals surface area contributed by atoms with Crippen molar-refractivity contribution < 1.29 is 0 Å². The average Bonchev–Trinajstić information content (AvgIpc) is 2.65. The van der Waals surface area contributed by atoms with Crippen molar-refractivity contribution in [3.8, 4) is 0 Å². The van der Waals surface area contributed by atoms with E-state index in [-0.39, 0.29) is 0 Å². The maximum absolute atomic E-state index is 4.46. The number of hydrogen-bond acceptors (Lipinski definition) is 3. The molecule has 96 valence electrons. The zero-order chi connectivity index (χ0) is 13.1. The van der Waals surface area contributed by atoms with Crippen LogP contribution in [0, 0.1) is 20.8 Å². The van der Waals surface area contributed by atoms with E-state index in [9.17, 15) is 0 Å². The van der Waals surface area contributed by atoms with Crippen LogP contribution in [0.25, 0.3) is 0 Å². The predicted molar refractivity (Wildman–Crippen MR) is 78.0 cm³/mol. The van der Waals surface area contributed by atoms with E-state index in [1.54, 1.807) is 11.3 Å². The first kappa shape index (κ1) is 13.2. The first-order valence-electron chi connectivity index (χ1n) is 6.29. The number of hydrogen-bond donors (Lipinski definition) is 1. The molecule has 0 aliphatic heterocycles. The highest BCUT2D eigenvalue weighted by molar-refractivity contribution is 7.11. The molecule has 0 saturated carbocycles. The van der Waals surface area contributed by atoms with Gasteiger partial charge < -0.3 is 5.32 Å². The Balaban J connectivity index is 2.03. The van der Waals surface area contributed by atoms with Gasteiger partial charge in [0, 0.05) is 17.5 Å². The zero-order valence-corrected chi connectivity index (χ0v) is 12.3. The number of thiazole rings is 1. The van der Waals surface area contributed by atoms with Crippen LogP contribution in [-0.2, 0) is 6.54 Å². The van der Waals surface area contributed by atoms with Crippen molar-refractivity contribution in [3.05, 3.63) is 51.0 Å². The van der Waals surface area contributed by atoms with Crippen LogP contribution in [0.5, 0.6) is 0 Å². The van der Waals surface area contributed by atoms with Crippen molar-refractivity contribution in [2.75, 3.05) is 0 Å². The predicted octanol–water partition coefficient (Wildman–Crippen LogP) is 3.92. The van der Waals surface area contributed by atoms with Crippen LogP contribution >= 0.6 is 11.3 Å². The molecule has 0 bridgehead atoms. The summed E-state index contributed by atoms with van der Waals surface area (Å²) in [6.45, 7) is 9.42. The van der Waals surface area contributed by atoms with E-state index in [1.165, 1.54) is 16.0 Å². The largest absolute Gasteiger partial charge is 0.305 e. The standard InChI is InChI=1S/C15H20N2S/c1-10-7-5-6-8-14(10)11(2)16-9-15-12(3)17-13(4)18-15/h5-8,11,16H,9H2,1-4H3. The second-order valence-electron chi connectivity index (χ2n) is 4.70. The van der Waals surface area contributed by atoms with E-state index in [0.717, 1.165) is 17.2 Å². The number of benzene rings is 1. The molecule has 1 N–H and O–H groups in total. The Kier molecular flexibility index (Phi) is 4.15. The van der Waals surface area contributed by atoms with Gasteiger partial charge in [0.25, 0.3) is 0 Å². The highest BCUT2D eigenvalue weighted by Crippen LogP contribution is 2.20. The van der Waals surface area contributed by atoms with Crippen molar-refractivity contribution in [2.24, 2.45) is 0 Å². The first-order valence-corrected chi connectivity index (χ1v) is 7.11. The summed E-state index contributed by atoms with van der Waals surface area (Å²) in [6, 6.07) is 8.91. The van der Waals surface area contributed by atoms with Crippen LogP contribution in [0.4, 0.5) is 0 Å². The third kappa shape index (κ3) is 2.98. The highest BCUT2D eigenvalue weighted by Gasteiger charge is 2.09. The molecule has 0 fully saturated rings. The Morgan fingerprint density at radius 2 is 1.94 bits per heavy atom. The molecule has 2 aromatic rings. The highest BCUT2D eigenvalue weighted by atomic mass is 32.1. The molecule has 3 heteroatoms. The number of rotatable bonds is 4. The van der Waals surface area contributed by atoms with Gasteiger partial charge in [-0.25, -0.2) is 4.98 Å². The lowest BCUT2D eigenvalue weighted by molar-refractivity contribution is 0.574. The molecule has 0 radical (unpaired) electrons. The lowest BCUT2D eigenvalue weighted by atomic mass is 10.0. The summed E-state index contributed by atoms with van der Waals surface area (Å²) in [4.78, 5) is 5.80. The van der Waals surface area contributed by atoms with Crippen molar-refractivity contribution in [1.29, 1.82) is 0 Å². The Hall–Kier alpha value is -1.19. The van der Waals surface area contributed by atoms with Gasteiger partial charge >= 0.3 is 0 Å². The summed E-state index contributed by atoms with van der Waals surface area (Å²) in [7, 11) is 0. The van der Waals surface area contributed by atoms with E-state index in [1.807, 2.05) is 0 Å². The molecule has 0 aliphatic carbocycles. The molecule has 1 atom stereocenters. The SMILES string of the molecule is Cc1nc(C)c(CNC(C)c2ccccc2C)s1. The van der Waals surface area contributed by atoms with Crippen LogP contribution in [-0.4, -0.2) is 4.98 Å². The molecule has 0 spiro atoms. The Morgan fingerprint density at radius 1 is 1.22 bits per heavy atom. The van der Waals surface area contributed by atoms with Gasteiger partial charge in [-0.3, -0.25) is 0 Å². The van der Waals surface area contributed by atoms with Crippen LogP contribution in [0.1, 0.15) is 39.7 Å². The fraction of sp³-hybridized carbons (Fsp3) is 0.400. The molecule has 18 heavy (non-hydrogen) atoms. The molecular formula is C15H20N2S. The Morgan fingerprint density at radius 3 is 2.56 bits per heavy atom. The second-order valence-corrected chi connectivity index (χ2v) is 5.99. The van der Waals surface area contributed by atoms with Gasteiger partial charge in [0.05, 0.1) is 10.7 Å². The third-order valence-electron chi connectivity index (χ3n) is 3.22.